The third kappa shape index (κ3) is 3.15. The summed E-state index contributed by atoms with van der Waals surface area (Å²) in [5.74, 6) is -0.0435. The number of carbonyl (C=O) groups excluding carboxylic acids is 1. The molecule has 1 saturated heterocycles. The Morgan fingerprint density at radius 2 is 1.96 bits per heavy atom. The number of hydrazine groups is 1. The van der Waals surface area contributed by atoms with Crippen LogP contribution < -0.4 is 10.9 Å². The van der Waals surface area contributed by atoms with E-state index in [2.05, 4.69) is 48.1 Å². The topological polar surface area (TPSA) is 41.1 Å². The minimum Gasteiger partial charge on any atom is -0.287 e. The molecule has 3 rings (SSSR count). The summed E-state index contributed by atoms with van der Waals surface area (Å²) in [4.78, 5) is 12.1. The highest BCUT2D eigenvalue weighted by molar-refractivity contribution is 6.04. The first-order chi connectivity index (χ1) is 11.0. The fourth-order valence-corrected chi connectivity index (χ4v) is 3.08. The number of rotatable bonds is 4. The third-order valence-corrected chi connectivity index (χ3v) is 4.48. The Morgan fingerprint density at radius 1 is 1.17 bits per heavy atom. The van der Waals surface area contributed by atoms with Crippen molar-refractivity contribution in [1.29, 1.82) is 0 Å². The van der Waals surface area contributed by atoms with E-state index in [9.17, 15) is 4.79 Å². The van der Waals surface area contributed by atoms with Crippen molar-refractivity contribution < 1.29 is 4.79 Å². The molecular formula is C20H24N2O. The summed E-state index contributed by atoms with van der Waals surface area (Å²) in [7, 11) is 0. The molecule has 2 aromatic rings. The molecule has 0 radical (unpaired) electrons. The molecule has 1 aliphatic heterocycles. The van der Waals surface area contributed by atoms with Crippen molar-refractivity contribution in [3.05, 3.63) is 53.1 Å². The van der Waals surface area contributed by atoms with Gasteiger partial charge in [-0.15, -0.1) is 0 Å². The van der Waals surface area contributed by atoms with Gasteiger partial charge in [0, 0.05) is 5.57 Å². The Labute approximate surface area is 137 Å². The Morgan fingerprint density at radius 3 is 2.65 bits per heavy atom. The van der Waals surface area contributed by atoms with E-state index in [4.69, 9.17) is 0 Å². The van der Waals surface area contributed by atoms with Crippen LogP contribution in [-0.2, 0) is 11.2 Å². The first-order valence-corrected chi connectivity index (χ1v) is 8.32. The van der Waals surface area contributed by atoms with E-state index in [-0.39, 0.29) is 11.4 Å². The van der Waals surface area contributed by atoms with E-state index in [0.29, 0.717) is 0 Å². The molecule has 2 aromatic carbocycles. The van der Waals surface area contributed by atoms with Crippen LogP contribution in [0.25, 0.3) is 16.8 Å². The Balaban J connectivity index is 2.13. The van der Waals surface area contributed by atoms with Gasteiger partial charge in [0.05, 0.1) is 5.54 Å². The van der Waals surface area contributed by atoms with Gasteiger partial charge in [-0.05, 0) is 54.7 Å². The van der Waals surface area contributed by atoms with E-state index in [0.717, 1.165) is 17.6 Å². The van der Waals surface area contributed by atoms with Crippen LogP contribution in [0.3, 0.4) is 0 Å². The number of carbonyl (C=O) groups is 1. The zero-order valence-corrected chi connectivity index (χ0v) is 14.1. The van der Waals surface area contributed by atoms with Gasteiger partial charge in [-0.1, -0.05) is 49.7 Å². The van der Waals surface area contributed by atoms with Crippen LogP contribution in [0.1, 0.15) is 44.7 Å². The van der Waals surface area contributed by atoms with Crippen LogP contribution in [0.2, 0.25) is 0 Å². The Hall–Kier alpha value is -2.13. The summed E-state index contributed by atoms with van der Waals surface area (Å²) in [6.07, 6.45) is 5.48. The van der Waals surface area contributed by atoms with Crippen LogP contribution in [0.5, 0.6) is 0 Å². The maximum absolute atomic E-state index is 12.1. The lowest BCUT2D eigenvalue weighted by Crippen LogP contribution is -2.38. The smallest absolute Gasteiger partial charge is 0.263 e. The summed E-state index contributed by atoms with van der Waals surface area (Å²) >= 11 is 0. The molecule has 0 spiro atoms. The number of hydrogen-bond donors (Lipinski definition) is 2. The molecule has 0 aliphatic carbocycles. The monoisotopic (exact) mass is 308 g/mol. The van der Waals surface area contributed by atoms with Gasteiger partial charge in [-0.25, -0.2) is 5.43 Å². The minimum atomic E-state index is -0.363. The summed E-state index contributed by atoms with van der Waals surface area (Å²) in [5.41, 5.74) is 8.63. The molecule has 1 fully saturated rings. The number of aryl methyl sites for hydroxylation is 1. The fourth-order valence-electron chi connectivity index (χ4n) is 3.08. The second kappa shape index (κ2) is 6.17. The van der Waals surface area contributed by atoms with Gasteiger partial charge in [0.15, 0.2) is 0 Å². The predicted octanol–water partition coefficient (Wildman–Crippen LogP) is 3.98. The molecule has 3 nitrogen and oxygen atoms in total. The molecule has 0 atom stereocenters. The quantitative estimate of drug-likeness (QED) is 0.839. The van der Waals surface area contributed by atoms with E-state index in [1.807, 2.05) is 26.0 Å². The number of hydrogen-bond acceptors (Lipinski definition) is 2. The molecule has 1 aliphatic rings. The summed E-state index contributed by atoms with van der Waals surface area (Å²) in [5, 5.41) is 2.42. The maximum atomic E-state index is 12.1. The normalized spacial score (nSPS) is 18.6. The van der Waals surface area contributed by atoms with Crippen LogP contribution >= 0.6 is 0 Å². The van der Waals surface area contributed by atoms with E-state index in [1.54, 1.807) is 0 Å². The van der Waals surface area contributed by atoms with Gasteiger partial charge in [-0.3, -0.25) is 10.2 Å². The van der Waals surface area contributed by atoms with Gasteiger partial charge in [0.2, 0.25) is 0 Å². The van der Waals surface area contributed by atoms with Gasteiger partial charge in [0.1, 0.15) is 0 Å². The van der Waals surface area contributed by atoms with E-state index < -0.39 is 0 Å². The summed E-state index contributed by atoms with van der Waals surface area (Å²) < 4.78 is 0. The Kier molecular flexibility index (Phi) is 4.22. The molecule has 0 saturated carbocycles. The molecule has 1 heterocycles. The van der Waals surface area contributed by atoms with Gasteiger partial charge in [0.25, 0.3) is 5.91 Å². The highest BCUT2D eigenvalue weighted by Crippen LogP contribution is 2.28. The van der Waals surface area contributed by atoms with Crippen LogP contribution in [0.15, 0.2) is 42.0 Å². The number of nitrogens with one attached hydrogen (secondary N) is 2. The van der Waals surface area contributed by atoms with Crippen molar-refractivity contribution in [3.8, 4) is 0 Å². The molecule has 1 amide bonds. The van der Waals surface area contributed by atoms with Crippen LogP contribution in [0.4, 0.5) is 0 Å². The van der Waals surface area contributed by atoms with E-state index in [1.165, 1.54) is 29.2 Å². The highest BCUT2D eigenvalue weighted by atomic mass is 16.2. The molecule has 0 unspecified atom stereocenters. The lowest BCUT2D eigenvalue weighted by atomic mass is 9.91. The number of benzene rings is 2. The second-order valence-electron chi connectivity index (χ2n) is 6.77. The first-order valence-electron chi connectivity index (χ1n) is 8.32. The van der Waals surface area contributed by atoms with Gasteiger partial charge >= 0.3 is 0 Å². The van der Waals surface area contributed by atoms with Crippen LogP contribution in [0, 0.1) is 0 Å². The zero-order chi connectivity index (χ0) is 16.4. The van der Waals surface area contributed by atoms with Gasteiger partial charge in [-0.2, -0.15) is 0 Å². The predicted molar refractivity (Wildman–Crippen MR) is 95.9 cm³/mol. The molecule has 2 N–H and O–H groups in total. The third-order valence-electron chi connectivity index (χ3n) is 4.48. The summed E-state index contributed by atoms with van der Waals surface area (Å²) in [6.45, 7) is 6.24. The van der Waals surface area contributed by atoms with Crippen LogP contribution in [-0.4, -0.2) is 11.4 Å². The number of amides is 1. The average Bonchev–Trinajstić information content (AvgIpc) is 2.79. The number of unbranched alkanes of at least 4 members (excludes halogenated alkanes) is 1. The lowest BCUT2D eigenvalue weighted by molar-refractivity contribution is -0.116. The molecule has 23 heavy (non-hydrogen) atoms. The van der Waals surface area contributed by atoms with Crippen molar-refractivity contribution >= 4 is 22.8 Å². The molecule has 3 heteroatoms. The van der Waals surface area contributed by atoms with Crippen molar-refractivity contribution in [2.75, 3.05) is 0 Å². The highest BCUT2D eigenvalue weighted by Gasteiger charge is 2.35. The molecular weight excluding hydrogens is 284 g/mol. The fraction of sp³-hybridized carbons (Fsp3) is 0.350. The van der Waals surface area contributed by atoms with Crippen molar-refractivity contribution in [2.45, 2.75) is 45.6 Å². The standard InChI is InChI=1S/C20H24N2O/c1-4-5-8-14-11-15-9-6-7-10-17(15)16(12-14)13-18-19(23)21-22-20(18,2)3/h6-7,9-13,22H,4-5,8H2,1-3H3,(H,21,23)/b18-13+. The van der Waals surface area contributed by atoms with Crippen molar-refractivity contribution in [1.82, 2.24) is 10.9 Å². The summed E-state index contributed by atoms with van der Waals surface area (Å²) in [6, 6.07) is 12.9. The lowest BCUT2D eigenvalue weighted by Gasteiger charge is -2.17. The molecule has 0 bridgehead atoms. The SMILES string of the molecule is CCCCc1cc(/C=C2\C(=O)NNC2(C)C)c2ccccc2c1. The molecule has 120 valence electrons. The first kappa shape index (κ1) is 15.8. The zero-order valence-electron chi connectivity index (χ0n) is 14.1. The van der Waals surface area contributed by atoms with Gasteiger partial charge < -0.3 is 0 Å². The second-order valence-corrected chi connectivity index (χ2v) is 6.77. The largest absolute Gasteiger partial charge is 0.287 e. The maximum Gasteiger partial charge on any atom is 0.263 e. The van der Waals surface area contributed by atoms with Crippen molar-refractivity contribution in [2.24, 2.45) is 0 Å². The minimum absolute atomic E-state index is 0.0435. The van der Waals surface area contributed by atoms with E-state index >= 15 is 0 Å². The Bertz CT molecular complexity index is 774. The molecule has 0 aromatic heterocycles. The van der Waals surface area contributed by atoms with Crippen molar-refractivity contribution in [3.63, 3.8) is 0 Å². The number of fused-ring (bicyclic) bond motifs is 1. The average molecular weight is 308 g/mol.